The number of pyridine rings is 1. The highest BCUT2D eigenvalue weighted by Gasteiger charge is 2.12. The van der Waals surface area contributed by atoms with Crippen LogP contribution in [0, 0.1) is 6.92 Å². The third-order valence-corrected chi connectivity index (χ3v) is 4.29. The van der Waals surface area contributed by atoms with E-state index in [1.807, 2.05) is 43.3 Å². The summed E-state index contributed by atoms with van der Waals surface area (Å²) >= 11 is 0. The van der Waals surface area contributed by atoms with Gasteiger partial charge in [-0.2, -0.15) is 5.10 Å². The van der Waals surface area contributed by atoms with Crippen LogP contribution in [-0.4, -0.2) is 24.3 Å². The second-order valence-corrected chi connectivity index (χ2v) is 5.93. The van der Waals surface area contributed by atoms with E-state index in [1.165, 1.54) is 0 Å². The maximum atomic E-state index is 12.7. The zero-order valence-electron chi connectivity index (χ0n) is 13.8. The van der Waals surface area contributed by atoms with E-state index in [9.17, 15) is 4.79 Å². The van der Waals surface area contributed by atoms with Gasteiger partial charge in [-0.25, -0.2) is 9.67 Å². The number of hydrogen-bond donors (Lipinski definition) is 0. The average Bonchev–Trinajstić information content (AvgIpc) is 3.07. The van der Waals surface area contributed by atoms with E-state index in [0.717, 1.165) is 23.2 Å². The first-order chi connectivity index (χ1) is 12.2. The van der Waals surface area contributed by atoms with E-state index in [2.05, 4.69) is 15.1 Å². The highest BCUT2D eigenvalue weighted by atomic mass is 16.1. The van der Waals surface area contributed by atoms with Crippen molar-refractivity contribution in [2.45, 2.75) is 19.9 Å². The minimum Gasteiger partial charge on any atom is -0.298 e. The smallest absolute Gasteiger partial charge is 0.264 e. The first kappa shape index (κ1) is 15.3. The average molecular weight is 331 g/mol. The monoisotopic (exact) mass is 331 g/mol. The van der Waals surface area contributed by atoms with Crippen molar-refractivity contribution in [1.29, 1.82) is 0 Å². The van der Waals surface area contributed by atoms with Crippen molar-refractivity contribution >= 4 is 11.0 Å². The van der Waals surface area contributed by atoms with E-state index in [1.54, 1.807) is 34.2 Å². The molecule has 0 atom stereocenters. The molecule has 25 heavy (non-hydrogen) atoms. The first-order valence-corrected chi connectivity index (χ1v) is 8.12. The van der Waals surface area contributed by atoms with E-state index < -0.39 is 0 Å². The molecule has 124 valence electrons. The van der Waals surface area contributed by atoms with Crippen LogP contribution < -0.4 is 5.56 Å². The first-order valence-electron chi connectivity index (χ1n) is 8.12. The Morgan fingerprint density at radius 1 is 1.08 bits per heavy atom. The molecule has 6 nitrogen and oxygen atoms in total. The summed E-state index contributed by atoms with van der Waals surface area (Å²) in [5.41, 5.74) is 3.66. The summed E-state index contributed by atoms with van der Waals surface area (Å²) in [5.74, 6) is 0. The normalized spacial score (nSPS) is 11.1. The fraction of sp³-hybridized carbons (Fsp3) is 0.158. The Balaban J connectivity index is 1.70. The van der Waals surface area contributed by atoms with Gasteiger partial charge in [0.25, 0.3) is 5.56 Å². The van der Waals surface area contributed by atoms with E-state index in [-0.39, 0.29) is 5.56 Å². The molecule has 6 heteroatoms. The maximum Gasteiger partial charge on any atom is 0.264 e. The largest absolute Gasteiger partial charge is 0.298 e. The molecule has 0 aliphatic carbocycles. The second kappa shape index (κ2) is 6.32. The Hall–Kier alpha value is -3.28. The van der Waals surface area contributed by atoms with Gasteiger partial charge < -0.3 is 0 Å². The Morgan fingerprint density at radius 3 is 2.68 bits per heavy atom. The van der Waals surface area contributed by atoms with E-state index >= 15 is 0 Å². The summed E-state index contributed by atoms with van der Waals surface area (Å²) in [6.07, 6.45) is 7.46. The maximum absolute atomic E-state index is 12.7. The second-order valence-electron chi connectivity index (χ2n) is 5.93. The molecule has 0 saturated heterocycles. The van der Waals surface area contributed by atoms with Gasteiger partial charge in [-0.1, -0.05) is 18.2 Å². The van der Waals surface area contributed by atoms with Gasteiger partial charge in [0.05, 0.1) is 18.2 Å². The SMILES string of the molecule is Cc1ccccc1-n1ncc2c(=O)n(CCc3ccncc3)cnc21. The molecule has 0 bridgehead atoms. The summed E-state index contributed by atoms with van der Waals surface area (Å²) in [5, 5.41) is 4.91. The van der Waals surface area contributed by atoms with Crippen LogP contribution in [0.25, 0.3) is 16.7 Å². The Labute approximate surface area is 144 Å². The van der Waals surface area contributed by atoms with Crippen LogP contribution in [0.3, 0.4) is 0 Å². The molecule has 0 saturated carbocycles. The van der Waals surface area contributed by atoms with E-state index in [0.29, 0.717) is 17.6 Å². The number of fused-ring (bicyclic) bond motifs is 1. The molecule has 0 fully saturated rings. The molecule has 0 N–H and O–H groups in total. The number of para-hydroxylation sites is 1. The standard InChI is InChI=1S/C19H17N5O/c1-14-4-2-3-5-17(14)24-18-16(12-22-24)19(25)23(13-21-18)11-8-15-6-9-20-10-7-15/h2-7,9-10,12-13H,8,11H2,1H3. The summed E-state index contributed by atoms with van der Waals surface area (Å²) < 4.78 is 3.35. The minimum atomic E-state index is -0.0705. The van der Waals surface area contributed by atoms with Gasteiger partial charge in [-0.3, -0.25) is 14.3 Å². The number of hydrogen-bond acceptors (Lipinski definition) is 4. The fourth-order valence-electron chi connectivity index (χ4n) is 2.88. The molecule has 0 amide bonds. The Morgan fingerprint density at radius 2 is 1.88 bits per heavy atom. The molecule has 0 aliphatic rings. The predicted molar refractivity (Wildman–Crippen MR) is 95.8 cm³/mol. The van der Waals surface area contributed by atoms with Crippen molar-refractivity contribution in [2.24, 2.45) is 0 Å². The van der Waals surface area contributed by atoms with Gasteiger partial charge in [0.15, 0.2) is 5.65 Å². The quantitative estimate of drug-likeness (QED) is 0.576. The molecule has 3 heterocycles. The Kier molecular flexibility index (Phi) is 3.85. The lowest BCUT2D eigenvalue weighted by Gasteiger charge is -2.08. The van der Waals surface area contributed by atoms with Gasteiger partial charge in [0.1, 0.15) is 5.39 Å². The summed E-state index contributed by atoms with van der Waals surface area (Å²) in [6.45, 7) is 2.58. The van der Waals surface area contributed by atoms with Crippen LogP contribution in [0.5, 0.6) is 0 Å². The lowest BCUT2D eigenvalue weighted by atomic mass is 10.2. The zero-order valence-corrected chi connectivity index (χ0v) is 13.8. The van der Waals surface area contributed by atoms with Crippen LogP contribution in [0.1, 0.15) is 11.1 Å². The van der Waals surface area contributed by atoms with Gasteiger partial charge in [-0.15, -0.1) is 0 Å². The number of aryl methyl sites for hydroxylation is 3. The van der Waals surface area contributed by atoms with Crippen LogP contribution >= 0.6 is 0 Å². The molecular weight excluding hydrogens is 314 g/mol. The topological polar surface area (TPSA) is 65.6 Å². The van der Waals surface area contributed by atoms with Gasteiger partial charge >= 0.3 is 0 Å². The van der Waals surface area contributed by atoms with Crippen molar-refractivity contribution in [1.82, 2.24) is 24.3 Å². The lowest BCUT2D eigenvalue weighted by molar-refractivity contribution is 0.661. The molecule has 4 rings (SSSR count). The van der Waals surface area contributed by atoms with Gasteiger partial charge in [0.2, 0.25) is 0 Å². The molecule has 0 radical (unpaired) electrons. The third kappa shape index (κ3) is 2.82. The lowest BCUT2D eigenvalue weighted by Crippen LogP contribution is -2.21. The summed E-state index contributed by atoms with van der Waals surface area (Å²) in [4.78, 5) is 21.2. The zero-order chi connectivity index (χ0) is 17.2. The molecule has 1 aromatic carbocycles. The highest BCUT2D eigenvalue weighted by Crippen LogP contribution is 2.17. The van der Waals surface area contributed by atoms with Crippen molar-refractivity contribution < 1.29 is 0 Å². The van der Waals surface area contributed by atoms with Crippen LogP contribution in [0.15, 0.2) is 66.1 Å². The number of benzene rings is 1. The van der Waals surface area contributed by atoms with Crippen molar-refractivity contribution in [3.8, 4) is 5.69 Å². The third-order valence-electron chi connectivity index (χ3n) is 4.29. The number of rotatable bonds is 4. The van der Waals surface area contributed by atoms with Crippen molar-refractivity contribution in [3.05, 3.63) is 82.8 Å². The van der Waals surface area contributed by atoms with Crippen LogP contribution in [0.4, 0.5) is 0 Å². The summed E-state index contributed by atoms with van der Waals surface area (Å²) in [6, 6.07) is 11.8. The molecule has 0 aliphatic heterocycles. The molecule has 0 spiro atoms. The van der Waals surface area contributed by atoms with Crippen molar-refractivity contribution in [3.63, 3.8) is 0 Å². The van der Waals surface area contributed by atoms with Crippen LogP contribution in [-0.2, 0) is 13.0 Å². The van der Waals surface area contributed by atoms with E-state index in [4.69, 9.17) is 0 Å². The number of aromatic nitrogens is 5. The fourth-order valence-corrected chi connectivity index (χ4v) is 2.88. The van der Waals surface area contributed by atoms with Gasteiger partial charge in [0, 0.05) is 18.9 Å². The minimum absolute atomic E-state index is 0.0705. The molecule has 4 aromatic rings. The Bertz CT molecular complexity index is 1080. The molecular formula is C19H17N5O. The predicted octanol–water partition coefficient (Wildman–Crippen LogP) is 2.53. The number of nitrogens with zero attached hydrogens (tertiary/aromatic N) is 5. The van der Waals surface area contributed by atoms with Crippen LogP contribution in [0.2, 0.25) is 0 Å². The molecule has 0 unspecified atom stereocenters. The highest BCUT2D eigenvalue weighted by molar-refractivity contribution is 5.75. The van der Waals surface area contributed by atoms with Gasteiger partial charge in [-0.05, 0) is 42.7 Å². The summed E-state index contributed by atoms with van der Waals surface area (Å²) in [7, 11) is 0. The molecule has 3 aromatic heterocycles. The van der Waals surface area contributed by atoms with Crippen molar-refractivity contribution in [2.75, 3.05) is 0 Å².